The number of carbonyl (C=O) groups is 4. The van der Waals surface area contributed by atoms with Crippen molar-refractivity contribution >= 4 is 63.9 Å². The molecule has 0 atom stereocenters. The van der Waals surface area contributed by atoms with Gasteiger partial charge in [0.05, 0.1) is 43.5 Å². The molecule has 60 heavy (non-hydrogen) atoms. The predicted octanol–water partition coefficient (Wildman–Crippen LogP) is 11.4. The van der Waals surface area contributed by atoms with Crippen molar-refractivity contribution in [2.45, 2.75) is 25.4 Å². The molecule has 16 heteroatoms. The van der Waals surface area contributed by atoms with E-state index in [1.54, 1.807) is 36.4 Å². The van der Waals surface area contributed by atoms with Crippen LogP contribution in [-0.4, -0.2) is 28.6 Å². The molecule has 300 valence electrons. The zero-order chi connectivity index (χ0) is 42.8. The zero-order valence-corrected chi connectivity index (χ0v) is 32.6. The molecule has 4 amide bonds. The number of nitro groups is 1. The number of halogens is 5. The fraction of sp³-hybridized carbons (Fsp3) is 0.0909. The number of benzene rings is 6. The van der Waals surface area contributed by atoms with Crippen molar-refractivity contribution in [2.75, 3.05) is 9.80 Å². The molecule has 0 radical (unpaired) electrons. The minimum Gasteiger partial charge on any atom is -0.457 e. The molecule has 0 bridgehead atoms. The number of rotatable bonds is 9. The summed E-state index contributed by atoms with van der Waals surface area (Å²) in [4.78, 5) is 65.1. The van der Waals surface area contributed by atoms with Crippen molar-refractivity contribution in [1.82, 2.24) is 0 Å². The van der Waals surface area contributed by atoms with Crippen LogP contribution in [0.5, 0.6) is 23.0 Å². The maximum absolute atomic E-state index is 13.4. The Morgan fingerprint density at radius 3 is 1.40 bits per heavy atom. The van der Waals surface area contributed by atoms with Crippen molar-refractivity contribution in [3.63, 3.8) is 0 Å². The summed E-state index contributed by atoms with van der Waals surface area (Å²) in [5, 5.41) is 12.2. The van der Waals surface area contributed by atoms with E-state index in [4.69, 9.17) is 32.7 Å². The third kappa shape index (κ3) is 6.99. The molecule has 6 aromatic carbocycles. The van der Waals surface area contributed by atoms with Crippen molar-refractivity contribution in [1.29, 1.82) is 0 Å². The number of ether oxygens (including phenoxy) is 2. The maximum atomic E-state index is 13.4. The smallest absolute Gasteiger partial charge is 0.416 e. The van der Waals surface area contributed by atoms with E-state index in [0.29, 0.717) is 33.2 Å². The Kier molecular flexibility index (Phi) is 9.72. The van der Waals surface area contributed by atoms with E-state index in [1.165, 1.54) is 42.5 Å². The van der Waals surface area contributed by atoms with Gasteiger partial charge in [0.2, 0.25) is 0 Å². The second kappa shape index (κ2) is 14.7. The molecule has 0 N–H and O–H groups in total. The first-order valence-electron chi connectivity index (χ1n) is 17.9. The van der Waals surface area contributed by atoms with E-state index >= 15 is 0 Å². The van der Waals surface area contributed by atoms with Crippen LogP contribution in [0.25, 0.3) is 0 Å². The van der Waals surface area contributed by atoms with E-state index in [-0.39, 0.29) is 44.8 Å². The fourth-order valence-corrected chi connectivity index (χ4v) is 7.51. The van der Waals surface area contributed by atoms with E-state index < -0.39 is 57.1 Å². The van der Waals surface area contributed by atoms with Gasteiger partial charge in [-0.1, -0.05) is 61.3 Å². The molecule has 0 aromatic heterocycles. The van der Waals surface area contributed by atoms with E-state index in [0.717, 1.165) is 22.1 Å². The summed E-state index contributed by atoms with van der Waals surface area (Å²) >= 11 is 12.3. The fourth-order valence-electron chi connectivity index (χ4n) is 7.02. The Balaban J connectivity index is 0.943. The SMILES string of the molecule is CC(C)(c1ccc(Oc2ccc3c(c2)C(=O)N(c2ccc(Cl)cc2Cl)C3=O)cc1)c1ccc(Oc2ccc3c(c2)C(=O)N(c2ccc(C(F)(F)F)cc2[N+](=O)[O-])C3=O)cc1. The minimum atomic E-state index is -4.88. The van der Waals surface area contributed by atoms with Crippen LogP contribution in [0.15, 0.2) is 121 Å². The summed E-state index contributed by atoms with van der Waals surface area (Å²) in [5.74, 6) is -1.55. The van der Waals surface area contributed by atoms with Crippen LogP contribution in [-0.2, 0) is 11.6 Å². The van der Waals surface area contributed by atoms with Gasteiger partial charge in [-0.2, -0.15) is 13.2 Å². The van der Waals surface area contributed by atoms with Crippen molar-refractivity contribution in [3.8, 4) is 23.0 Å². The first-order chi connectivity index (χ1) is 28.4. The van der Waals surface area contributed by atoms with Gasteiger partial charge >= 0.3 is 6.18 Å². The van der Waals surface area contributed by atoms with Crippen LogP contribution in [0.1, 0.15) is 72.0 Å². The molecule has 2 aliphatic rings. The number of nitrogens with zero attached hydrogens (tertiary/aromatic N) is 3. The van der Waals surface area contributed by atoms with Crippen molar-refractivity contribution < 1.29 is 46.7 Å². The molecule has 0 saturated carbocycles. The number of fused-ring (bicyclic) bond motifs is 2. The Bertz CT molecular complexity index is 2830. The quantitative estimate of drug-likeness (QED) is 0.0796. The third-order valence-corrected chi connectivity index (χ3v) is 10.8. The summed E-state index contributed by atoms with van der Waals surface area (Å²) < 4.78 is 51.8. The molecule has 0 unspecified atom stereocenters. The molecule has 6 aromatic rings. The lowest BCUT2D eigenvalue weighted by molar-refractivity contribution is -0.384. The first-order valence-corrected chi connectivity index (χ1v) is 18.6. The standard InChI is InChI=1S/C44H26Cl2F3N3O8/c1-43(2,23-3-9-27(10-4-23)59-29-13-15-31-33(21-29)41(55)50(39(31)53)36-18-8-26(45)20-35(36)46)24-5-11-28(12-6-24)60-30-14-16-32-34(22-30)42(56)51(40(32)54)37-17-7-25(44(47,48)49)19-38(37)52(57)58/h3-22H,1-2H3. The molecule has 11 nitrogen and oxygen atoms in total. The monoisotopic (exact) mass is 851 g/mol. The highest BCUT2D eigenvalue weighted by Crippen LogP contribution is 2.42. The summed E-state index contributed by atoms with van der Waals surface area (Å²) in [5.41, 5.74) is -1.22. The second-order valence-electron chi connectivity index (χ2n) is 14.2. The summed E-state index contributed by atoms with van der Waals surface area (Å²) in [7, 11) is 0. The predicted molar refractivity (Wildman–Crippen MR) is 215 cm³/mol. The van der Waals surface area contributed by atoms with Gasteiger partial charge in [0.25, 0.3) is 29.3 Å². The average Bonchev–Trinajstić information content (AvgIpc) is 3.60. The number of anilines is 2. The molecule has 0 fully saturated rings. The first kappa shape index (κ1) is 39.8. The highest BCUT2D eigenvalue weighted by molar-refractivity contribution is 6.41. The van der Waals surface area contributed by atoms with E-state index in [9.17, 15) is 42.5 Å². The largest absolute Gasteiger partial charge is 0.457 e. The minimum absolute atomic E-state index is 0.0961. The number of carbonyl (C=O) groups excluding carboxylic acids is 4. The van der Waals surface area contributed by atoms with Gasteiger partial charge in [-0.05, 0) is 102 Å². The summed E-state index contributed by atoms with van der Waals surface area (Å²) in [6.45, 7) is 4.05. The van der Waals surface area contributed by atoms with E-state index in [1.807, 2.05) is 38.1 Å². The maximum Gasteiger partial charge on any atom is 0.416 e. The normalized spacial score (nSPS) is 13.8. The van der Waals surface area contributed by atoms with Gasteiger partial charge in [-0.3, -0.25) is 29.3 Å². The number of imide groups is 2. The van der Waals surface area contributed by atoms with Crippen LogP contribution < -0.4 is 19.3 Å². The lowest BCUT2D eigenvalue weighted by Gasteiger charge is -2.26. The Morgan fingerprint density at radius 1 is 0.533 bits per heavy atom. The van der Waals surface area contributed by atoms with Crippen LogP contribution in [0.3, 0.4) is 0 Å². The van der Waals surface area contributed by atoms with Gasteiger partial charge in [0.15, 0.2) is 0 Å². The topological polar surface area (TPSA) is 136 Å². The van der Waals surface area contributed by atoms with Crippen LogP contribution in [0, 0.1) is 10.1 Å². The van der Waals surface area contributed by atoms with Crippen LogP contribution >= 0.6 is 23.2 Å². The van der Waals surface area contributed by atoms with Gasteiger partial charge in [0.1, 0.15) is 28.7 Å². The Hall–Kier alpha value is -7.03. The number of nitro benzene ring substituents is 1. The molecule has 0 aliphatic carbocycles. The van der Waals surface area contributed by atoms with Crippen LogP contribution in [0.4, 0.5) is 30.2 Å². The average molecular weight is 853 g/mol. The third-order valence-electron chi connectivity index (χ3n) is 10.2. The lowest BCUT2D eigenvalue weighted by atomic mass is 9.78. The molecular formula is C44H26Cl2F3N3O8. The molecule has 0 saturated heterocycles. The molecule has 0 spiro atoms. The van der Waals surface area contributed by atoms with E-state index in [2.05, 4.69) is 0 Å². The second-order valence-corrected chi connectivity index (χ2v) is 15.1. The van der Waals surface area contributed by atoms with Gasteiger partial charge in [-0.15, -0.1) is 0 Å². The molecular weight excluding hydrogens is 826 g/mol. The summed E-state index contributed by atoms with van der Waals surface area (Å²) in [6, 6.07) is 29.3. The van der Waals surface area contributed by atoms with Gasteiger partial charge in [0, 0.05) is 16.5 Å². The van der Waals surface area contributed by atoms with Gasteiger partial charge in [-0.25, -0.2) is 9.80 Å². The van der Waals surface area contributed by atoms with Crippen LogP contribution in [0.2, 0.25) is 10.0 Å². The highest BCUT2D eigenvalue weighted by Gasteiger charge is 2.42. The molecule has 2 aliphatic heterocycles. The zero-order valence-electron chi connectivity index (χ0n) is 31.0. The Labute approximate surface area is 348 Å². The number of alkyl halides is 3. The number of hydrogen-bond acceptors (Lipinski definition) is 8. The Morgan fingerprint density at radius 2 is 0.950 bits per heavy atom. The molecule has 8 rings (SSSR count). The summed E-state index contributed by atoms with van der Waals surface area (Å²) in [6.07, 6.45) is -4.88. The van der Waals surface area contributed by atoms with Gasteiger partial charge < -0.3 is 9.47 Å². The number of hydrogen-bond donors (Lipinski definition) is 0. The van der Waals surface area contributed by atoms with Crippen molar-refractivity contribution in [3.05, 3.63) is 180 Å². The molecule has 2 heterocycles. The number of amides is 4. The lowest BCUT2D eigenvalue weighted by Crippen LogP contribution is -2.30. The highest BCUT2D eigenvalue weighted by atomic mass is 35.5. The van der Waals surface area contributed by atoms with Crippen molar-refractivity contribution in [2.24, 2.45) is 0 Å².